The van der Waals surface area contributed by atoms with E-state index in [9.17, 15) is 9.59 Å². The van der Waals surface area contributed by atoms with Crippen LogP contribution in [0.1, 0.15) is 45.8 Å². The number of urea groups is 1. The van der Waals surface area contributed by atoms with Gasteiger partial charge < -0.3 is 15.5 Å². The smallest absolute Gasteiger partial charge is 0.319 e. The summed E-state index contributed by atoms with van der Waals surface area (Å²) in [6.45, 7) is 3.89. The summed E-state index contributed by atoms with van der Waals surface area (Å²) in [4.78, 5) is 27.0. The Labute approximate surface area is 188 Å². The monoisotopic (exact) mass is 436 g/mol. The zero-order chi connectivity index (χ0) is 22.2. The Morgan fingerprint density at radius 3 is 2.52 bits per heavy atom. The summed E-state index contributed by atoms with van der Waals surface area (Å²) in [5.74, 6) is 1.24. The van der Waals surface area contributed by atoms with Gasteiger partial charge in [-0.1, -0.05) is 18.2 Å². The third kappa shape index (κ3) is 6.02. The normalized spacial score (nSPS) is 14.0. The van der Waals surface area contributed by atoms with Crippen molar-refractivity contribution in [3.8, 4) is 6.07 Å². The standard InChI is InChI=1S/C24H28N4O2S/c1-17-3-6-21(15-22(17)27-24(30)26-11-14-31-2)23(29)28-12-9-20(10-13-28)19-7-4-18(16-25)5-8-19/h3-8,15,20H,9-14H2,1-2H3,(H2,26,27,30). The highest BCUT2D eigenvalue weighted by Gasteiger charge is 2.25. The Kier molecular flexibility index (Phi) is 7.96. The van der Waals surface area contributed by atoms with Crippen LogP contribution in [0.15, 0.2) is 42.5 Å². The zero-order valence-electron chi connectivity index (χ0n) is 18.0. The molecule has 7 heteroatoms. The topological polar surface area (TPSA) is 85.2 Å². The van der Waals surface area contributed by atoms with Crippen molar-refractivity contribution >= 4 is 29.4 Å². The molecule has 0 spiro atoms. The molecule has 0 aliphatic carbocycles. The molecule has 0 radical (unpaired) electrons. The van der Waals surface area contributed by atoms with E-state index in [2.05, 4.69) is 16.7 Å². The molecule has 1 aliphatic heterocycles. The highest BCUT2D eigenvalue weighted by atomic mass is 32.2. The number of hydrogen-bond donors (Lipinski definition) is 2. The van der Waals surface area contributed by atoms with Gasteiger partial charge in [-0.3, -0.25) is 4.79 Å². The third-order valence-corrected chi connectivity index (χ3v) is 6.23. The van der Waals surface area contributed by atoms with Gasteiger partial charge in [0.15, 0.2) is 0 Å². The number of aryl methyl sites for hydroxylation is 1. The molecule has 2 aromatic carbocycles. The van der Waals surface area contributed by atoms with E-state index in [0.29, 0.717) is 42.4 Å². The van der Waals surface area contributed by atoms with Gasteiger partial charge in [0.2, 0.25) is 0 Å². The third-order valence-electron chi connectivity index (χ3n) is 5.62. The fourth-order valence-corrected chi connectivity index (χ4v) is 4.06. The van der Waals surface area contributed by atoms with E-state index in [1.807, 2.05) is 54.5 Å². The first-order chi connectivity index (χ1) is 15.0. The van der Waals surface area contributed by atoms with Crippen molar-refractivity contribution < 1.29 is 9.59 Å². The Morgan fingerprint density at radius 2 is 1.87 bits per heavy atom. The fourth-order valence-electron chi connectivity index (χ4n) is 3.75. The molecule has 0 atom stereocenters. The van der Waals surface area contributed by atoms with Gasteiger partial charge >= 0.3 is 6.03 Å². The molecule has 3 amide bonds. The Morgan fingerprint density at radius 1 is 1.16 bits per heavy atom. The molecule has 0 saturated carbocycles. The Bertz CT molecular complexity index is 961. The summed E-state index contributed by atoms with van der Waals surface area (Å²) in [7, 11) is 0. The van der Waals surface area contributed by atoms with Crippen LogP contribution in [-0.4, -0.2) is 48.5 Å². The van der Waals surface area contributed by atoms with Gasteiger partial charge in [-0.25, -0.2) is 4.79 Å². The van der Waals surface area contributed by atoms with Crippen molar-refractivity contribution in [3.63, 3.8) is 0 Å². The number of carbonyl (C=O) groups excluding carboxylic acids is 2. The Hall–Kier alpha value is -2.98. The van der Waals surface area contributed by atoms with Crippen molar-refractivity contribution in [2.45, 2.75) is 25.7 Å². The van der Waals surface area contributed by atoms with Crippen LogP contribution in [-0.2, 0) is 0 Å². The first-order valence-electron chi connectivity index (χ1n) is 10.5. The van der Waals surface area contributed by atoms with Crippen LogP contribution in [0, 0.1) is 18.3 Å². The van der Waals surface area contributed by atoms with Gasteiger partial charge in [0.1, 0.15) is 0 Å². The molecule has 31 heavy (non-hydrogen) atoms. The van der Waals surface area contributed by atoms with Gasteiger partial charge in [0, 0.05) is 36.6 Å². The summed E-state index contributed by atoms with van der Waals surface area (Å²) in [5.41, 5.74) is 4.04. The minimum absolute atomic E-state index is 0.0101. The van der Waals surface area contributed by atoms with E-state index in [1.54, 1.807) is 17.8 Å². The maximum atomic E-state index is 13.0. The van der Waals surface area contributed by atoms with Gasteiger partial charge in [0.05, 0.1) is 11.6 Å². The quantitative estimate of drug-likeness (QED) is 0.659. The summed E-state index contributed by atoms with van der Waals surface area (Å²) in [6, 6.07) is 15.1. The summed E-state index contributed by atoms with van der Waals surface area (Å²) >= 11 is 1.67. The van der Waals surface area contributed by atoms with Crippen LogP contribution in [0.2, 0.25) is 0 Å². The number of hydrogen-bond acceptors (Lipinski definition) is 4. The number of thioether (sulfide) groups is 1. The highest BCUT2D eigenvalue weighted by Crippen LogP contribution is 2.29. The summed E-state index contributed by atoms with van der Waals surface area (Å²) in [5, 5.41) is 14.6. The molecule has 0 unspecified atom stereocenters. The predicted molar refractivity (Wildman–Crippen MR) is 126 cm³/mol. The maximum Gasteiger partial charge on any atom is 0.319 e. The molecule has 1 fully saturated rings. The number of anilines is 1. The highest BCUT2D eigenvalue weighted by molar-refractivity contribution is 7.98. The molecule has 3 rings (SSSR count). The van der Waals surface area contributed by atoms with Crippen LogP contribution in [0.5, 0.6) is 0 Å². The average Bonchev–Trinajstić information content (AvgIpc) is 2.80. The number of nitrogens with one attached hydrogen (secondary N) is 2. The molecular weight excluding hydrogens is 408 g/mol. The lowest BCUT2D eigenvalue weighted by atomic mass is 9.89. The van der Waals surface area contributed by atoms with E-state index >= 15 is 0 Å². The Balaban J connectivity index is 1.60. The average molecular weight is 437 g/mol. The first-order valence-corrected chi connectivity index (χ1v) is 11.8. The number of piperidine rings is 1. The van der Waals surface area contributed by atoms with E-state index in [4.69, 9.17) is 5.26 Å². The van der Waals surface area contributed by atoms with Crippen LogP contribution < -0.4 is 10.6 Å². The number of likely N-dealkylation sites (tertiary alicyclic amines) is 1. The lowest BCUT2D eigenvalue weighted by Gasteiger charge is -2.32. The molecule has 162 valence electrons. The molecule has 0 bridgehead atoms. The van der Waals surface area contributed by atoms with Crippen LogP contribution in [0.4, 0.5) is 10.5 Å². The molecular formula is C24H28N4O2S. The summed E-state index contributed by atoms with van der Waals surface area (Å²) in [6.07, 6.45) is 3.78. The van der Waals surface area contributed by atoms with Gasteiger partial charge in [-0.05, 0) is 67.3 Å². The number of nitrogens with zero attached hydrogens (tertiary/aromatic N) is 2. The summed E-state index contributed by atoms with van der Waals surface area (Å²) < 4.78 is 0. The second kappa shape index (κ2) is 10.9. The van der Waals surface area contributed by atoms with Crippen LogP contribution in [0.3, 0.4) is 0 Å². The van der Waals surface area contributed by atoms with Gasteiger partial charge in [-0.2, -0.15) is 17.0 Å². The van der Waals surface area contributed by atoms with Crippen LogP contribution >= 0.6 is 11.8 Å². The number of amides is 3. The molecule has 1 saturated heterocycles. The fraction of sp³-hybridized carbons (Fsp3) is 0.375. The molecule has 6 nitrogen and oxygen atoms in total. The van der Waals surface area contributed by atoms with Crippen molar-refractivity contribution in [1.29, 1.82) is 5.26 Å². The number of rotatable bonds is 6. The van der Waals surface area contributed by atoms with E-state index < -0.39 is 0 Å². The molecule has 1 aliphatic rings. The second-order valence-corrected chi connectivity index (χ2v) is 8.69. The van der Waals surface area contributed by atoms with E-state index in [1.165, 1.54) is 5.56 Å². The maximum absolute atomic E-state index is 13.0. The zero-order valence-corrected chi connectivity index (χ0v) is 18.8. The SMILES string of the molecule is CSCCNC(=O)Nc1cc(C(=O)N2CCC(c3ccc(C#N)cc3)CC2)ccc1C. The van der Waals surface area contributed by atoms with Gasteiger partial charge in [-0.15, -0.1) is 0 Å². The van der Waals surface area contributed by atoms with Crippen molar-refractivity contribution in [2.24, 2.45) is 0 Å². The first kappa shape index (κ1) is 22.7. The number of nitriles is 1. The second-order valence-electron chi connectivity index (χ2n) is 7.70. The predicted octanol–water partition coefficient (Wildman–Crippen LogP) is 4.37. The minimum atomic E-state index is -0.259. The minimum Gasteiger partial charge on any atom is -0.339 e. The van der Waals surface area contributed by atoms with Crippen molar-refractivity contribution in [1.82, 2.24) is 10.2 Å². The molecule has 2 aromatic rings. The van der Waals surface area contributed by atoms with Gasteiger partial charge in [0.25, 0.3) is 5.91 Å². The van der Waals surface area contributed by atoms with Crippen LogP contribution in [0.25, 0.3) is 0 Å². The van der Waals surface area contributed by atoms with E-state index in [0.717, 1.165) is 24.2 Å². The van der Waals surface area contributed by atoms with E-state index in [-0.39, 0.29) is 11.9 Å². The lowest BCUT2D eigenvalue weighted by Crippen LogP contribution is -2.38. The molecule has 1 heterocycles. The van der Waals surface area contributed by atoms with Crippen molar-refractivity contribution in [2.75, 3.05) is 37.0 Å². The number of benzene rings is 2. The molecule has 2 N–H and O–H groups in total. The molecule has 0 aromatic heterocycles. The van der Waals surface area contributed by atoms with Crippen molar-refractivity contribution in [3.05, 3.63) is 64.7 Å². The largest absolute Gasteiger partial charge is 0.339 e. The lowest BCUT2D eigenvalue weighted by molar-refractivity contribution is 0.0713. The number of carbonyl (C=O) groups is 2.